The lowest BCUT2D eigenvalue weighted by atomic mass is 10.3. The lowest BCUT2D eigenvalue weighted by Gasteiger charge is -2.23. The van der Waals surface area contributed by atoms with Crippen molar-refractivity contribution in [3.05, 3.63) is 18.3 Å². The molecule has 2 rings (SSSR count). The summed E-state index contributed by atoms with van der Waals surface area (Å²) in [5.74, 6) is 0.910. The van der Waals surface area contributed by atoms with E-state index in [1.807, 2.05) is 12.3 Å². The Morgan fingerprint density at radius 3 is 3.06 bits per heavy atom. The maximum Gasteiger partial charge on any atom is 0.127 e. The van der Waals surface area contributed by atoms with Gasteiger partial charge in [0, 0.05) is 37.1 Å². The van der Waals surface area contributed by atoms with Crippen molar-refractivity contribution in [2.24, 2.45) is 0 Å². The zero-order chi connectivity index (χ0) is 12.1. The molecule has 0 saturated heterocycles. The molecule has 17 heavy (non-hydrogen) atoms. The Morgan fingerprint density at radius 2 is 2.41 bits per heavy atom. The summed E-state index contributed by atoms with van der Waals surface area (Å²) in [4.78, 5) is 6.59. The molecular formula is C13H18N4. The third kappa shape index (κ3) is 3.10. The van der Waals surface area contributed by atoms with Crippen LogP contribution in [0.2, 0.25) is 0 Å². The van der Waals surface area contributed by atoms with Crippen LogP contribution in [0.1, 0.15) is 26.2 Å². The van der Waals surface area contributed by atoms with E-state index < -0.39 is 0 Å². The van der Waals surface area contributed by atoms with Crippen molar-refractivity contribution in [2.75, 3.05) is 23.3 Å². The van der Waals surface area contributed by atoms with E-state index in [0.717, 1.165) is 18.9 Å². The molecule has 0 radical (unpaired) electrons. The smallest absolute Gasteiger partial charge is 0.127 e. The van der Waals surface area contributed by atoms with E-state index in [2.05, 4.69) is 34.3 Å². The average Bonchev–Trinajstić information content (AvgIpc) is 3.15. The maximum atomic E-state index is 8.70. The monoisotopic (exact) mass is 230 g/mol. The fourth-order valence-corrected chi connectivity index (χ4v) is 1.95. The molecule has 1 aliphatic rings. The second-order valence-electron chi connectivity index (χ2n) is 4.26. The standard InChI is InChI=1S/C13H18N4/c1-2-15-13-10-12(6-8-16-13)17(9-3-7-14)11-4-5-11/h6,8,10-11H,2-5,9H2,1H3,(H,15,16). The lowest BCUT2D eigenvalue weighted by Crippen LogP contribution is -2.26. The molecule has 0 unspecified atom stereocenters. The molecule has 0 aliphatic heterocycles. The van der Waals surface area contributed by atoms with Gasteiger partial charge in [-0.05, 0) is 25.8 Å². The summed E-state index contributed by atoms with van der Waals surface area (Å²) < 4.78 is 0. The zero-order valence-corrected chi connectivity index (χ0v) is 10.2. The van der Waals surface area contributed by atoms with Crippen molar-refractivity contribution < 1.29 is 0 Å². The van der Waals surface area contributed by atoms with Crippen molar-refractivity contribution in [3.8, 4) is 6.07 Å². The first-order chi connectivity index (χ1) is 8.35. The Labute approximate surface area is 102 Å². The highest BCUT2D eigenvalue weighted by Gasteiger charge is 2.28. The number of hydrogen-bond donors (Lipinski definition) is 1. The van der Waals surface area contributed by atoms with E-state index >= 15 is 0 Å². The number of aromatic nitrogens is 1. The van der Waals surface area contributed by atoms with E-state index in [1.165, 1.54) is 18.5 Å². The van der Waals surface area contributed by atoms with Gasteiger partial charge in [0.2, 0.25) is 0 Å². The predicted molar refractivity (Wildman–Crippen MR) is 69.0 cm³/mol. The van der Waals surface area contributed by atoms with Crippen LogP contribution in [0.25, 0.3) is 0 Å². The van der Waals surface area contributed by atoms with Gasteiger partial charge >= 0.3 is 0 Å². The Balaban J connectivity index is 2.11. The molecule has 0 bridgehead atoms. The van der Waals surface area contributed by atoms with Gasteiger partial charge in [-0.3, -0.25) is 0 Å². The highest BCUT2D eigenvalue weighted by atomic mass is 15.2. The molecule has 1 aromatic heterocycles. The van der Waals surface area contributed by atoms with Gasteiger partial charge in [-0.25, -0.2) is 4.98 Å². The predicted octanol–water partition coefficient (Wildman–Crippen LogP) is 2.40. The van der Waals surface area contributed by atoms with E-state index in [-0.39, 0.29) is 0 Å². The van der Waals surface area contributed by atoms with Crippen molar-refractivity contribution in [3.63, 3.8) is 0 Å². The number of rotatable bonds is 6. The van der Waals surface area contributed by atoms with Crippen LogP contribution >= 0.6 is 0 Å². The Kier molecular flexibility index (Phi) is 3.81. The lowest BCUT2D eigenvalue weighted by molar-refractivity contribution is 0.792. The van der Waals surface area contributed by atoms with Gasteiger partial charge in [-0.2, -0.15) is 5.26 Å². The van der Waals surface area contributed by atoms with E-state index in [1.54, 1.807) is 0 Å². The number of nitrogens with zero attached hydrogens (tertiary/aromatic N) is 3. The first kappa shape index (κ1) is 11.7. The minimum atomic E-state index is 0.579. The summed E-state index contributed by atoms with van der Waals surface area (Å²) in [5, 5.41) is 11.9. The third-order valence-corrected chi connectivity index (χ3v) is 2.89. The normalized spacial score (nSPS) is 14.1. The number of anilines is 2. The number of nitrogens with one attached hydrogen (secondary N) is 1. The van der Waals surface area contributed by atoms with Crippen molar-refractivity contribution in [2.45, 2.75) is 32.2 Å². The van der Waals surface area contributed by atoms with Gasteiger partial charge in [-0.1, -0.05) is 0 Å². The van der Waals surface area contributed by atoms with Gasteiger partial charge in [0.1, 0.15) is 5.82 Å². The van der Waals surface area contributed by atoms with E-state index in [9.17, 15) is 0 Å². The van der Waals surface area contributed by atoms with E-state index in [0.29, 0.717) is 12.5 Å². The average molecular weight is 230 g/mol. The van der Waals surface area contributed by atoms with Gasteiger partial charge < -0.3 is 10.2 Å². The third-order valence-electron chi connectivity index (χ3n) is 2.89. The molecule has 1 heterocycles. The number of hydrogen-bond acceptors (Lipinski definition) is 4. The fourth-order valence-electron chi connectivity index (χ4n) is 1.95. The van der Waals surface area contributed by atoms with Crippen LogP contribution < -0.4 is 10.2 Å². The molecule has 4 heteroatoms. The molecular weight excluding hydrogens is 212 g/mol. The zero-order valence-electron chi connectivity index (χ0n) is 10.2. The molecule has 0 spiro atoms. The van der Waals surface area contributed by atoms with Crippen LogP contribution in [0.5, 0.6) is 0 Å². The summed E-state index contributed by atoms with van der Waals surface area (Å²) in [5.41, 5.74) is 1.17. The second-order valence-corrected chi connectivity index (χ2v) is 4.26. The minimum Gasteiger partial charge on any atom is -0.370 e. The Hall–Kier alpha value is -1.76. The number of pyridine rings is 1. The summed E-state index contributed by atoms with van der Waals surface area (Å²) in [6.07, 6.45) is 4.89. The summed E-state index contributed by atoms with van der Waals surface area (Å²) >= 11 is 0. The van der Waals surface area contributed by atoms with Crippen LogP contribution in [0.3, 0.4) is 0 Å². The molecule has 0 atom stereocenters. The fraction of sp³-hybridized carbons (Fsp3) is 0.538. The van der Waals surface area contributed by atoms with Gasteiger partial charge in [0.05, 0.1) is 12.5 Å². The largest absolute Gasteiger partial charge is 0.370 e. The van der Waals surface area contributed by atoms with Crippen LogP contribution in [0, 0.1) is 11.3 Å². The summed E-state index contributed by atoms with van der Waals surface area (Å²) in [6.45, 7) is 3.75. The molecule has 90 valence electrons. The number of nitriles is 1. The molecule has 1 aromatic rings. The molecule has 1 saturated carbocycles. The van der Waals surface area contributed by atoms with Crippen LogP contribution in [-0.2, 0) is 0 Å². The molecule has 1 fully saturated rings. The SMILES string of the molecule is CCNc1cc(N(CCC#N)C2CC2)ccn1. The Bertz CT molecular complexity index is 406. The molecule has 1 N–H and O–H groups in total. The van der Waals surface area contributed by atoms with Crippen LogP contribution in [0.15, 0.2) is 18.3 Å². The van der Waals surface area contributed by atoms with Gasteiger partial charge in [0.25, 0.3) is 0 Å². The molecule has 4 nitrogen and oxygen atoms in total. The van der Waals surface area contributed by atoms with Crippen molar-refractivity contribution in [1.82, 2.24) is 4.98 Å². The van der Waals surface area contributed by atoms with Gasteiger partial charge in [0.15, 0.2) is 0 Å². The second kappa shape index (κ2) is 5.53. The summed E-state index contributed by atoms with van der Waals surface area (Å²) in [7, 11) is 0. The highest BCUT2D eigenvalue weighted by molar-refractivity contribution is 5.55. The van der Waals surface area contributed by atoms with Gasteiger partial charge in [-0.15, -0.1) is 0 Å². The quantitative estimate of drug-likeness (QED) is 0.815. The minimum absolute atomic E-state index is 0.579. The Morgan fingerprint density at radius 1 is 1.59 bits per heavy atom. The van der Waals surface area contributed by atoms with E-state index in [4.69, 9.17) is 5.26 Å². The first-order valence-electron chi connectivity index (χ1n) is 6.18. The molecule has 0 amide bonds. The molecule has 0 aromatic carbocycles. The molecule has 1 aliphatic carbocycles. The van der Waals surface area contributed by atoms with Crippen LogP contribution in [-0.4, -0.2) is 24.1 Å². The van der Waals surface area contributed by atoms with Crippen molar-refractivity contribution in [1.29, 1.82) is 5.26 Å². The highest BCUT2D eigenvalue weighted by Crippen LogP contribution is 2.32. The van der Waals surface area contributed by atoms with Crippen molar-refractivity contribution >= 4 is 11.5 Å². The topological polar surface area (TPSA) is 52.0 Å². The first-order valence-corrected chi connectivity index (χ1v) is 6.18. The summed E-state index contributed by atoms with van der Waals surface area (Å²) in [6, 6.07) is 6.94. The van der Waals surface area contributed by atoms with Crippen LogP contribution in [0.4, 0.5) is 11.5 Å². The maximum absolute atomic E-state index is 8.70.